The second kappa shape index (κ2) is 2.46. The van der Waals surface area contributed by atoms with E-state index in [1.165, 1.54) is 0 Å². The first-order chi connectivity index (χ1) is 5.63. The third kappa shape index (κ3) is 0.959. The van der Waals surface area contributed by atoms with Crippen LogP contribution < -0.4 is 0 Å². The molecule has 2 fully saturated rings. The molecule has 1 saturated carbocycles. The van der Waals surface area contributed by atoms with Crippen LogP contribution in [0.1, 0.15) is 32.6 Å². The zero-order chi connectivity index (χ0) is 8.77. The maximum Gasteiger partial charge on any atom is 0.335 e. The van der Waals surface area contributed by atoms with Crippen molar-refractivity contribution < 1.29 is 14.6 Å². The first-order valence-electron chi connectivity index (χ1n) is 4.54. The first-order valence-corrected chi connectivity index (χ1v) is 4.54. The summed E-state index contributed by atoms with van der Waals surface area (Å²) in [5.41, 5.74) is -0.366. The number of aliphatic hydroxyl groups is 1. The van der Waals surface area contributed by atoms with Crippen LogP contribution in [0, 0.1) is 5.92 Å². The van der Waals surface area contributed by atoms with E-state index in [9.17, 15) is 9.90 Å². The fraction of sp³-hybridized carbons (Fsp3) is 0.889. The van der Waals surface area contributed by atoms with E-state index >= 15 is 0 Å². The zero-order valence-electron chi connectivity index (χ0n) is 7.25. The predicted molar refractivity (Wildman–Crippen MR) is 42.5 cm³/mol. The maximum absolute atomic E-state index is 11.1. The summed E-state index contributed by atoms with van der Waals surface area (Å²) >= 11 is 0. The van der Waals surface area contributed by atoms with E-state index in [0.717, 1.165) is 25.7 Å². The Balaban J connectivity index is 2.24. The van der Waals surface area contributed by atoms with Gasteiger partial charge in [-0.1, -0.05) is 6.42 Å². The van der Waals surface area contributed by atoms with Crippen LogP contribution >= 0.6 is 0 Å². The molecule has 0 bridgehead atoms. The second-order valence-corrected chi connectivity index (χ2v) is 4.03. The molecular formula is C9H14O3. The standard InChI is InChI=1S/C9H14O3/c1-9-5-3-2-4-6(9)7(10)8(11)12-9/h6-7,10H,2-5H2,1H3/t6-,7-,9-/m1/s1. The Hall–Kier alpha value is -0.570. The van der Waals surface area contributed by atoms with Gasteiger partial charge in [-0.25, -0.2) is 4.79 Å². The molecule has 1 aliphatic heterocycles. The van der Waals surface area contributed by atoms with Crippen LogP contribution in [-0.2, 0) is 9.53 Å². The average molecular weight is 170 g/mol. The number of esters is 1. The summed E-state index contributed by atoms with van der Waals surface area (Å²) in [6, 6.07) is 0. The molecule has 3 atom stereocenters. The molecule has 0 unspecified atom stereocenters. The summed E-state index contributed by atoms with van der Waals surface area (Å²) < 4.78 is 5.18. The molecule has 0 spiro atoms. The van der Waals surface area contributed by atoms with Crippen molar-refractivity contribution in [2.75, 3.05) is 0 Å². The van der Waals surface area contributed by atoms with Crippen LogP contribution in [0.4, 0.5) is 0 Å². The van der Waals surface area contributed by atoms with E-state index < -0.39 is 12.1 Å². The van der Waals surface area contributed by atoms with E-state index in [1.54, 1.807) is 0 Å². The van der Waals surface area contributed by atoms with Crippen molar-refractivity contribution in [2.24, 2.45) is 5.92 Å². The summed E-state index contributed by atoms with van der Waals surface area (Å²) in [5, 5.41) is 9.48. The molecule has 68 valence electrons. The fourth-order valence-corrected chi connectivity index (χ4v) is 2.40. The lowest BCUT2D eigenvalue weighted by atomic mass is 9.76. The van der Waals surface area contributed by atoms with Gasteiger partial charge in [0.05, 0.1) is 0 Å². The van der Waals surface area contributed by atoms with Gasteiger partial charge in [0.15, 0.2) is 6.10 Å². The summed E-state index contributed by atoms with van der Waals surface area (Å²) in [5.74, 6) is -0.386. The quantitative estimate of drug-likeness (QED) is 0.548. The third-order valence-corrected chi connectivity index (χ3v) is 3.18. The van der Waals surface area contributed by atoms with Gasteiger partial charge in [0.1, 0.15) is 5.60 Å². The molecule has 1 aliphatic carbocycles. The number of ether oxygens (including phenoxy) is 1. The van der Waals surface area contributed by atoms with E-state index in [0.29, 0.717) is 0 Å². The number of carbonyl (C=O) groups is 1. The number of fused-ring (bicyclic) bond motifs is 1. The molecule has 2 rings (SSSR count). The Morgan fingerprint density at radius 3 is 3.00 bits per heavy atom. The van der Waals surface area contributed by atoms with Crippen molar-refractivity contribution in [1.82, 2.24) is 0 Å². The molecule has 0 radical (unpaired) electrons. The van der Waals surface area contributed by atoms with Crippen LogP contribution in [0.3, 0.4) is 0 Å². The molecule has 0 aromatic heterocycles. The minimum atomic E-state index is -0.865. The van der Waals surface area contributed by atoms with Crippen LogP contribution in [0.25, 0.3) is 0 Å². The Labute approximate surface area is 71.7 Å². The highest BCUT2D eigenvalue weighted by molar-refractivity contribution is 5.78. The van der Waals surface area contributed by atoms with Crippen LogP contribution in [0.5, 0.6) is 0 Å². The largest absolute Gasteiger partial charge is 0.457 e. The summed E-state index contributed by atoms with van der Waals surface area (Å²) in [6.45, 7) is 1.94. The molecule has 2 aliphatic rings. The van der Waals surface area contributed by atoms with Crippen molar-refractivity contribution in [1.29, 1.82) is 0 Å². The highest BCUT2D eigenvalue weighted by Crippen LogP contribution is 2.43. The summed E-state index contributed by atoms with van der Waals surface area (Å²) in [7, 11) is 0. The minimum Gasteiger partial charge on any atom is -0.457 e. The maximum atomic E-state index is 11.1. The highest BCUT2D eigenvalue weighted by atomic mass is 16.6. The van der Waals surface area contributed by atoms with Crippen molar-refractivity contribution in [3.63, 3.8) is 0 Å². The molecule has 12 heavy (non-hydrogen) atoms. The SMILES string of the molecule is C[C@@]12CCCC[C@@H]1[C@@H](O)C(=O)O2. The Morgan fingerprint density at radius 1 is 1.58 bits per heavy atom. The summed E-state index contributed by atoms with van der Waals surface area (Å²) in [4.78, 5) is 11.1. The summed E-state index contributed by atoms with van der Waals surface area (Å²) in [6.07, 6.45) is 3.17. The second-order valence-electron chi connectivity index (χ2n) is 4.03. The van der Waals surface area contributed by atoms with E-state index in [2.05, 4.69) is 0 Å². The predicted octanol–water partition coefficient (Wildman–Crippen LogP) is 0.853. The molecule has 1 saturated heterocycles. The molecule has 3 heteroatoms. The van der Waals surface area contributed by atoms with Crippen molar-refractivity contribution in [3.8, 4) is 0 Å². The van der Waals surface area contributed by atoms with Gasteiger partial charge in [0.2, 0.25) is 0 Å². The van der Waals surface area contributed by atoms with Crippen molar-refractivity contribution >= 4 is 5.97 Å². The molecule has 0 amide bonds. The molecule has 0 aromatic rings. The Morgan fingerprint density at radius 2 is 2.33 bits per heavy atom. The number of rotatable bonds is 0. The highest BCUT2D eigenvalue weighted by Gasteiger charge is 2.52. The lowest BCUT2D eigenvalue weighted by molar-refractivity contribution is -0.152. The topological polar surface area (TPSA) is 46.5 Å². The van der Waals surface area contributed by atoms with Gasteiger partial charge in [-0.05, 0) is 26.2 Å². The van der Waals surface area contributed by atoms with Gasteiger partial charge in [-0.3, -0.25) is 0 Å². The first kappa shape index (κ1) is 8.05. The van der Waals surface area contributed by atoms with Gasteiger partial charge < -0.3 is 9.84 Å². The lowest BCUT2D eigenvalue weighted by Gasteiger charge is -2.33. The minimum absolute atomic E-state index is 0.0405. The normalized spacial score (nSPS) is 47.0. The van der Waals surface area contributed by atoms with Crippen LogP contribution in [0.15, 0.2) is 0 Å². The van der Waals surface area contributed by atoms with Gasteiger partial charge in [-0.2, -0.15) is 0 Å². The van der Waals surface area contributed by atoms with Crippen molar-refractivity contribution in [2.45, 2.75) is 44.3 Å². The van der Waals surface area contributed by atoms with Crippen LogP contribution in [0.2, 0.25) is 0 Å². The number of carbonyl (C=O) groups excluding carboxylic acids is 1. The molecule has 1 heterocycles. The molecule has 3 nitrogen and oxygen atoms in total. The molecule has 0 aromatic carbocycles. The Kier molecular flexibility index (Phi) is 1.65. The smallest absolute Gasteiger partial charge is 0.335 e. The number of hydrogen-bond acceptors (Lipinski definition) is 3. The van der Waals surface area contributed by atoms with Gasteiger partial charge >= 0.3 is 5.97 Å². The zero-order valence-corrected chi connectivity index (χ0v) is 7.25. The van der Waals surface area contributed by atoms with Crippen LogP contribution in [-0.4, -0.2) is 22.8 Å². The van der Waals surface area contributed by atoms with Gasteiger partial charge in [-0.15, -0.1) is 0 Å². The van der Waals surface area contributed by atoms with Gasteiger partial charge in [0, 0.05) is 5.92 Å². The monoisotopic (exact) mass is 170 g/mol. The molecular weight excluding hydrogens is 156 g/mol. The van der Waals surface area contributed by atoms with E-state index in [-0.39, 0.29) is 11.5 Å². The Bertz CT molecular complexity index is 214. The molecule has 1 N–H and O–H groups in total. The average Bonchev–Trinajstić information content (AvgIpc) is 2.24. The van der Waals surface area contributed by atoms with E-state index in [4.69, 9.17) is 4.74 Å². The van der Waals surface area contributed by atoms with E-state index in [1.807, 2.05) is 6.92 Å². The van der Waals surface area contributed by atoms with Crippen molar-refractivity contribution in [3.05, 3.63) is 0 Å². The number of aliphatic hydroxyl groups excluding tert-OH is 1. The third-order valence-electron chi connectivity index (χ3n) is 3.18. The number of hydrogen-bond donors (Lipinski definition) is 1. The van der Waals surface area contributed by atoms with Gasteiger partial charge in [0.25, 0.3) is 0 Å². The fourth-order valence-electron chi connectivity index (χ4n) is 2.40. The lowest BCUT2D eigenvalue weighted by Crippen LogP contribution is -2.37.